The highest BCUT2D eigenvalue weighted by Crippen LogP contribution is 2.45. The van der Waals surface area contributed by atoms with Crippen LogP contribution in [0.25, 0.3) is 11.3 Å². The molecule has 1 amide bonds. The Kier molecular flexibility index (Phi) is 8.91. The van der Waals surface area contributed by atoms with Gasteiger partial charge in [-0.2, -0.15) is 8.78 Å². The van der Waals surface area contributed by atoms with Gasteiger partial charge in [0.25, 0.3) is 5.91 Å². The van der Waals surface area contributed by atoms with Crippen molar-refractivity contribution in [3.63, 3.8) is 0 Å². The number of carbonyl (C=O) groups is 2. The molecule has 6 nitrogen and oxygen atoms in total. The van der Waals surface area contributed by atoms with Gasteiger partial charge < -0.3 is 19.7 Å². The summed E-state index contributed by atoms with van der Waals surface area (Å²) in [6.45, 7) is 11.9. The normalized spacial score (nSPS) is 20.1. The van der Waals surface area contributed by atoms with Gasteiger partial charge in [-0.15, -0.1) is 0 Å². The van der Waals surface area contributed by atoms with Crippen molar-refractivity contribution in [2.24, 2.45) is 11.8 Å². The van der Waals surface area contributed by atoms with Crippen LogP contribution in [0.1, 0.15) is 114 Å². The van der Waals surface area contributed by atoms with E-state index >= 15 is 0 Å². The molecule has 0 atom stereocenters. The molecule has 226 valence electrons. The molecule has 0 bridgehead atoms. The molecule has 0 saturated heterocycles. The smallest absolute Gasteiger partial charge is 0.387 e. The minimum atomic E-state index is -3.00. The number of amides is 1. The predicted octanol–water partition coefficient (Wildman–Crippen LogP) is 7.83. The second kappa shape index (κ2) is 11.8. The minimum Gasteiger partial charge on any atom is -0.481 e. The van der Waals surface area contributed by atoms with Crippen LogP contribution >= 0.6 is 0 Å². The number of nitrogens with zero attached hydrogens (tertiary/aromatic N) is 1. The van der Waals surface area contributed by atoms with Crippen LogP contribution in [0, 0.1) is 18.8 Å². The van der Waals surface area contributed by atoms with Crippen molar-refractivity contribution in [2.75, 3.05) is 0 Å². The average Bonchev–Trinajstić information content (AvgIpc) is 3.15. The Morgan fingerprint density at radius 3 is 2.20 bits per heavy atom. The first-order valence-corrected chi connectivity index (χ1v) is 14.9. The highest BCUT2D eigenvalue weighted by atomic mass is 19.3. The van der Waals surface area contributed by atoms with E-state index in [4.69, 9.17) is 4.74 Å². The number of nitrogens with one attached hydrogen (secondary N) is 1. The van der Waals surface area contributed by atoms with Crippen LogP contribution in [0.15, 0.2) is 18.2 Å². The fourth-order valence-corrected chi connectivity index (χ4v) is 6.19. The van der Waals surface area contributed by atoms with Gasteiger partial charge in [-0.1, -0.05) is 66.9 Å². The molecule has 2 fully saturated rings. The molecule has 2 aliphatic rings. The van der Waals surface area contributed by atoms with Crippen LogP contribution in [-0.4, -0.2) is 34.2 Å². The lowest BCUT2D eigenvalue weighted by Gasteiger charge is -2.32. The number of ether oxygens (including phenoxy) is 1. The minimum absolute atomic E-state index is 0.151. The number of alkyl halides is 2. The topological polar surface area (TPSA) is 80.6 Å². The molecule has 8 heteroatoms. The number of hydrogen-bond donors (Lipinski definition) is 2. The number of carboxylic acids is 1. The molecule has 1 heterocycles. The van der Waals surface area contributed by atoms with Gasteiger partial charge >= 0.3 is 12.6 Å². The van der Waals surface area contributed by atoms with Gasteiger partial charge in [0.2, 0.25) is 0 Å². The van der Waals surface area contributed by atoms with E-state index in [0.717, 1.165) is 36.9 Å². The molecule has 1 aromatic heterocycles. The third-order valence-corrected chi connectivity index (χ3v) is 8.85. The van der Waals surface area contributed by atoms with Gasteiger partial charge in [-0.3, -0.25) is 9.59 Å². The average molecular weight is 573 g/mol. The summed E-state index contributed by atoms with van der Waals surface area (Å²) < 4.78 is 35.3. The summed E-state index contributed by atoms with van der Waals surface area (Å²) in [6, 6.07) is 5.55. The van der Waals surface area contributed by atoms with E-state index in [0.29, 0.717) is 47.7 Å². The number of rotatable bonds is 8. The number of hydrogen-bond acceptors (Lipinski definition) is 3. The Balaban J connectivity index is 1.87. The van der Waals surface area contributed by atoms with E-state index < -0.39 is 23.9 Å². The second-order valence-electron chi connectivity index (χ2n) is 14.1. The first kappa shape index (κ1) is 31.0. The Labute approximate surface area is 242 Å². The summed E-state index contributed by atoms with van der Waals surface area (Å²) in [6.07, 6.45) is 6.53. The van der Waals surface area contributed by atoms with E-state index in [-0.39, 0.29) is 23.1 Å². The molecule has 4 rings (SSSR count). The maximum Gasteiger partial charge on any atom is 0.387 e. The number of halogens is 2. The Hall–Kier alpha value is -2.90. The Morgan fingerprint density at radius 1 is 1.02 bits per heavy atom. The summed E-state index contributed by atoms with van der Waals surface area (Å²) in [5, 5.41) is 12.2. The first-order chi connectivity index (χ1) is 19.1. The largest absolute Gasteiger partial charge is 0.481 e. The van der Waals surface area contributed by atoms with E-state index in [1.54, 1.807) is 0 Å². The molecule has 2 aromatic rings. The zero-order valence-corrected chi connectivity index (χ0v) is 25.6. The molecule has 2 aliphatic carbocycles. The molecular weight excluding hydrogens is 526 g/mol. The van der Waals surface area contributed by atoms with Crippen LogP contribution in [0.5, 0.6) is 5.75 Å². The SMILES string of the molecule is Cc1c(C(=O)N[C@H]2C[C@H](C(=O)O)C2)cc(-c2cc(C(C)(C)C)cc(C(C)(C)C)c2OC(F)F)n1CC1CCCCC1. The van der Waals surface area contributed by atoms with Gasteiger partial charge in [0.15, 0.2) is 0 Å². The molecular formula is C33H46F2N2O4. The van der Waals surface area contributed by atoms with Crippen LogP contribution in [0.2, 0.25) is 0 Å². The maximum atomic E-state index is 13.9. The molecule has 0 spiro atoms. The van der Waals surface area contributed by atoms with Crippen molar-refractivity contribution in [2.45, 2.75) is 123 Å². The molecule has 0 radical (unpaired) electrons. The van der Waals surface area contributed by atoms with Gasteiger partial charge in [0.05, 0.1) is 17.2 Å². The standard InChI is InChI=1S/C33H46F2N2O4/c1-19-24(29(38)36-23-13-21(14-23)30(39)40)17-27(37(19)18-20-11-9-8-10-12-20)25-15-22(32(2,3)4)16-26(33(5,6)7)28(25)41-31(34)35/h15-17,20-21,23,31H,8-14,18H2,1-7H3,(H,36,38)(H,39,40)/t21-,23-. The molecule has 0 aliphatic heterocycles. The lowest BCUT2D eigenvalue weighted by Crippen LogP contribution is -2.46. The fraction of sp³-hybridized carbons (Fsp3) is 0.636. The second-order valence-corrected chi connectivity index (χ2v) is 14.1. The number of aliphatic carboxylic acids is 1. The van der Waals surface area contributed by atoms with E-state index in [1.807, 2.05) is 45.9 Å². The van der Waals surface area contributed by atoms with Crippen molar-refractivity contribution in [1.82, 2.24) is 9.88 Å². The van der Waals surface area contributed by atoms with Crippen molar-refractivity contribution in [3.8, 4) is 17.0 Å². The first-order valence-electron chi connectivity index (χ1n) is 14.9. The quantitative estimate of drug-likeness (QED) is 0.338. The highest BCUT2D eigenvalue weighted by Gasteiger charge is 2.36. The van der Waals surface area contributed by atoms with Crippen LogP contribution in [0.4, 0.5) is 8.78 Å². The molecule has 0 unspecified atom stereocenters. The fourth-order valence-electron chi connectivity index (χ4n) is 6.19. The number of aromatic nitrogens is 1. The predicted molar refractivity (Wildman–Crippen MR) is 157 cm³/mol. The van der Waals surface area contributed by atoms with Crippen molar-refractivity contribution in [3.05, 3.63) is 40.6 Å². The summed E-state index contributed by atoms with van der Waals surface area (Å²) >= 11 is 0. The number of carboxylic acid groups (broad SMARTS) is 1. The van der Waals surface area contributed by atoms with Crippen molar-refractivity contribution >= 4 is 11.9 Å². The summed E-state index contributed by atoms with van der Waals surface area (Å²) in [5.74, 6) is -0.956. The molecule has 1 aromatic carbocycles. The summed E-state index contributed by atoms with van der Waals surface area (Å²) in [4.78, 5) is 24.8. The van der Waals surface area contributed by atoms with Crippen LogP contribution in [-0.2, 0) is 22.2 Å². The van der Waals surface area contributed by atoms with E-state index in [2.05, 4.69) is 30.7 Å². The lowest BCUT2D eigenvalue weighted by molar-refractivity contribution is -0.145. The number of benzene rings is 1. The third kappa shape index (κ3) is 6.95. The zero-order chi connectivity index (χ0) is 30.3. The summed E-state index contributed by atoms with van der Waals surface area (Å²) in [7, 11) is 0. The maximum absolute atomic E-state index is 13.9. The van der Waals surface area contributed by atoms with Crippen molar-refractivity contribution in [1.29, 1.82) is 0 Å². The highest BCUT2D eigenvalue weighted by molar-refractivity contribution is 5.97. The molecule has 2 saturated carbocycles. The van der Waals surface area contributed by atoms with Gasteiger partial charge in [0, 0.05) is 29.4 Å². The van der Waals surface area contributed by atoms with Crippen LogP contribution < -0.4 is 10.1 Å². The third-order valence-electron chi connectivity index (χ3n) is 8.85. The Bertz CT molecular complexity index is 1270. The lowest BCUT2D eigenvalue weighted by atomic mass is 9.78. The van der Waals surface area contributed by atoms with E-state index in [1.165, 1.54) is 6.42 Å². The molecule has 2 N–H and O–H groups in total. The monoisotopic (exact) mass is 572 g/mol. The van der Waals surface area contributed by atoms with Gasteiger partial charge in [-0.05, 0) is 67.1 Å². The van der Waals surface area contributed by atoms with Gasteiger partial charge in [0.1, 0.15) is 5.75 Å². The Morgan fingerprint density at radius 2 is 1.66 bits per heavy atom. The molecule has 41 heavy (non-hydrogen) atoms. The summed E-state index contributed by atoms with van der Waals surface area (Å²) in [5.41, 5.74) is 3.50. The van der Waals surface area contributed by atoms with E-state index in [9.17, 15) is 23.5 Å². The number of carbonyl (C=O) groups excluding carboxylic acids is 1. The van der Waals surface area contributed by atoms with Gasteiger partial charge in [-0.25, -0.2) is 0 Å². The van der Waals surface area contributed by atoms with Crippen molar-refractivity contribution < 1.29 is 28.2 Å². The zero-order valence-electron chi connectivity index (χ0n) is 25.6. The van der Waals surface area contributed by atoms with Crippen LogP contribution in [0.3, 0.4) is 0 Å².